The molecule has 0 aliphatic rings. The maximum atomic E-state index is 5.85. The molecule has 0 amide bonds. The number of halogens is 2. The second kappa shape index (κ2) is 4.58. The normalized spacial score (nSPS) is 12.9. The van der Waals surface area contributed by atoms with Crippen LogP contribution in [0.2, 0.25) is 0 Å². The topological polar surface area (TPSA) is 3.88 Å². The maximum absolute atomic E-state index is 5.85. The fourth-order valence-corrected chi connectivity index (χ4v) is 1.09. The summed E-state index contributed by atoms with van der Waals surface area (Å²) < 4.78 is 2.01. The number of nitrogens with zero attached hydrogens (tertiary/aromatic N) is 1. The highest BCUT2D eigenvalue weighted by Crippen LogP contribution is 1.97. The Morgan fingerprint density at radius 3 is 2.36 bits per heavy atom. The number of hydrogen-bond donors (Lipinski definition) is 0. The van der Waals surface area contributed by atoms with E-state index in [0.29, 0.717) is 5.88 Å². The van der Waals surface area contributed by atoms with Gasteiger partial charge in [-0.1, -0.05) is 6.07 Å². The monoisotopic (exact) mass is 190 g/mol. The second-order valence-electron chi connectivity index (χ2n) is 2.32. The quantitative estimate of drug-likeness (QED) is 0.506. The van der Waals surface area contributed by atoms with Crippen LogP contribution >= 0.6 is 23.2 Å². The van der Waals surface area contributed by atoms with Crippen LogP contribution < -0.4 is 4.57 Å². The van der Waals surface area contributed by atoms with Gasteiger partial charge in [0.25, 0.3) is 0 Å². The summed E-state index contributed by atoms with van der Waals surface area (Å²) in [4.78, 5) is 0. The molecule has 0 aliphatic carbocycles. The van der Waals surface area contributed by atoms with Crippen molar-refractivity contribution in [2.24, 2.45) is 0 Å². The van der Waals surface area contributed by atoms with E-state index in [-0.39, 0.29) is 5.38 Å². The first-order chi connectivity index (χ1) is 5.33. The highest BCUT2D eigenvalue weighted by molar-refractivity contribution is 6.27. The van der Waals surface area contributed by atoms with Gasteiger partial charge in [0.1, 0.15) is 5.38 Å². The number of aromatic nitrogens is 1. The van der Waals surface area contributed by atoms with Crippen molar-refractivity contribution in [2.75, 3.05) is 5.88 Å². The number of alkyl halides is 2. The summed E-state index contributed by atoms with van der Waals surface area (Å²) in [6.07, 6.45) is 3.95. The van der Waals surface area contributed by atoms with Crippen LogP contribution in [0, 0.1) is 0 Å². The Morgan fingerprint density at radius 2 is 1.82 bits per heavy atom. The van der Waals surface area contributed by atoms with Gasteiger partial charge in [-0.3, -0.25) is 0 Å². The van der Waals surface area contributed by atoms with Crippen molar-refractivity contribution in [2.45, 2.75) is 11.9 Å². The van der Waals surface area contributed by atoms with E-state index in [1.54, 1.807) is 0 Å². The first-order valence-corrected chi connectivity index (χ1v) is 4.44. The molecule has 0 fully saturated rings. The fraction of sp³-hybridized carbons (Fsp3) is 0.375. The van der Waals surface area contributed by atoms with Crippen LogP contribution in [0.15, 0.2) is 30.6 Å². The van der Waals surface area contributed by atoms with Gasteiger partial charge in [0.15, 0.2) is 18.9 Å². The van der Waals surface area contributed by atoms with E-state index in [4.69, 9.17) is 23.2 Å². The summed E-state index contributed by atoms with van der Waals surface area (Å²) in [5, 5.41) is 0.0177. The Morgan fingerprint density at radius 1 is 1.18 bits per heavy atom. The van der Waals surface area contributed by atoms with E-state index in [1.807, 2.05) is 35.2 Å². The third kappa shape index (κ3) is 3.08. The zero-order chi connectivity index (χ0) is 8.10. The lowest BCUT2D eigenvalue weighted by atomic mass is 10.4. The number of pyridine rings is 1. The average molecular weight is 191 g/mol. The van der Waals surface area contributed by atoms with Crippen molar-refractivity contribution in [1.82, 2.24) is 0 Å². The molecule has 11 heavy (non-hydrogen) atoms. The maximum Gasteiger partial charge on any atom is 0.168 e. The smallest absolute Gasteiger partial charge is 0.168 e. The Kier molecular flexibility index (Phi) is 3.67. The molecule has 1 heterocycles. The van der Waals surface area contributed by atoms with Gasteiger partial charge in [0, 0.05) is 18.0 Å². The van der Waals surface area contributed by atoms with Gasteiger partial charge in [0.05, 0.1) is 0 Å². The molecule has 1 rings (SSSR count). The van der Waals surface area contributed by atoms with Crippen LogP contribution in [0.1, 0.15) is 0 Å². The van der Waals surface area contributed by atoms with Crippen molar-refractivity contribution >= 4 is 23.2 Å². The van der Waals surface area contributed by atoms with Crippen LogP contribution in [-0.4, -0.2) is 11.3 Å². The molecule has 0 spiro atoms. The van der Waals surface area contributed by atoms with E-state index in [2.05, 4.69) is 0 Å². The van der Waals surface area contributed by atoms with Crippen LogP contribution in [-0.2, 0) is 6.54 Å². The first kappa shape index (κ1) is 8.82. The summed E-state index contributed by atoms with van der Waals surface area (Å²) in [6.45, 7) is 0.770. The molecule has 1 atom stereocenters. The van der Waals surface area contributed by atoms with Crippen molar-refractivity contribution in [3.05, 3.63) is 30.6 Å². The molecule has 0 aromatic carbocycles. The summed E-state index contributed by atoms with van der Waals surface area (Å²) in [5.41, 5.74) is 0. The summed E-state index contributed by atoms with van der Waals surface area (Å²) in [6, 6.07) is 5.91. The summed E-state index contributed by atoms with van der Waals surface area (Å²) in [7, 11) is 0. The predicted octanol–water partition coefficient (Wildman–Crippen LogP) is 1.82. The van der Waals surface area contributed by atoms with Crippen LogP contribution in [0.3, 0.4) is 0 Å². The lowest BCUT2D eigenvalue weighted by Crippen LogP contribution is -2.37. The third-order valence-corrected chi connectivity index (χ3v) is 2.18. The molecule has 60 valence electrons. The third-order valence-electron chi connectivity index (χ3n) is 1.35. The number of rotatable bonds is 3. The van der Waals surface area contributed by atoms with Crippen LogP contribution in [0.5, 0.6) is 0 Å². The van der Waals surface area contributed by atoms with Gasteiger partial charge < -0.3 is 0 Å². The Labute approximate surface area is 76.6 Å². The highest BCUT2D eigenvalue weighted by Gasteiger charge is 2.07. The Bertz CT molecular complexity index is 201. The second-order valence-corrected chi connectivity index (χ2v) is 3.25. The first-order valence-electron chi connectivity index (χ1n) is 3.47. The molecule has 0 N–H and O–H groups in total. The van der Waals surface area contributed by atoms with E-state index in [9.17, 15) is 0 Å². The van der Waals surface area contributed by atoms with Gasteiger partial charge in [-0.2, -0.15) is 0 Å². The standard InChI is InChI=1S/C8H10Cl2N/c9-6-8(10)7-11-4-2-1-3-5-11/h1-5,8H,6-7H2/q+1/t8-/m0/s1. The van der Waals surface area contributed by atoms with Gasteiger partial charge in [-0.05, 0) is 0 Å². The Hall–Kier alpha value is -0.270. The predicted molar refractivity (Wildman–Crippen MR) is 47.0 cm³/mol. The van der Waals surface area contributed by atoms with Gasteiger partial charge in [-0.15, -0.1) is 23.2 Å². The van der Waals surface area contributed by atoms with E-state index in [1.165, 1.54) is 0 Å². The lowest BCUT2D eigenvalue weighted by Gasteiger charge is -1.99. The van der Waals surface area contributed by atoms with Gasteiger partial charge >= 0.3 is 0 Å². The molecule has 1 aromatic heterocycles. The molecular formula is C8H10Cl2N+. The van der Waals surface area contributed by atoms with Gasteiger partial charge in [-0.25, -0.2) is 4.57 Å². The van der Waals surface area contributed by atoms with Gasteiger partial charge in [0.2, 0.25) is 0 Å². The zero-order valence-electron chi connectivity index (χ0n) is 6.08. The summed E-state index contributed by atoms with van der Waals surface area (Å²) >= 11 is 11.4. The molecule has 0 bridgehead atoms. The summed E-state index contributed by atoms with van der Waals surface area (Å²) in [5.74, 6) is 0.490. The fourth-order valence-electron chi connectivity index (χ4n) is 0.834. The number of hydrogen-bond acceptors (Lipinski definition) is 0. The van der Waals surface area contributed by atoms with Crippen LogP contribution in [0.4, 0.5) is 0 Å². The molecule has 0 radical (unpaired) electrons. The van der Waals surface area contributed by atoms with E-state index in [0.717, 1.165) is 6.54 Å². The van der Waals surface area contributed by atoms with Crippen LogP contribution in [0.25, 0.3) is 0 Å². The van der Waals surface area contributed by atoms with Crippen molar-refractivity contribution in [1.29, 1.82) is 0 Å². The molecule has 1 nitrogen and oxygen atoms in total. The minimum absolute atomic E-state index is 0.0177. The molecule has 1 aromatic rings. The van der Waals surface area contributed by atoms with Crippen molar-refractivity contribution in [3.63, 3.8) is 0 Å². The minimum Gasteiger partial charge on any atom is -0.204 e. The molecule has 0 unspecified atom stereocenters. The van der Waals surface area contributed by atoms with E-state index < -0.39 is 0 Å². The van der Waals surface area contributed by atoms with E-state index >= 15 is 0 Å². The SMILES string of the molecule is ClC[C@H](Cl)C[n+]1ccccc1. The largest absolute Gasteiger partial charge is 0.204 e. The average Bonchev–Trinajstić information content (AvgIpc) is 2.06. The lowest BCUT2D eigenvalue weighted by molar-refractivity contribution is -0.696. The minimum atomic E-state index is 0.0177. The van der Waals surface area contributed by atoms with Crippen molar-refractivity contribution < 1.29 is 4.57 Å². The Balaban J connectivity index is 2.51. The zero-order valence-corrected chi connectivity index (χ0v) is 7.59. The van der Waals surface area contributed by atoms with Crippen molar-refractivity contribution in [3.8, 4) is 0 Å². The molecule has 0 saturated heterocycles. The molecule has 0 aliphatic heterocycles. The molecule has 0 saturated carbocycles. The molecule has 3 heteroatoms. The highest BCUT2D eigenvalue weighted by atomic mass is 35.5. The molecular weight excluding hydrogens is 181 g/mol.